The number of nitrogens with zero attached hydrogens (tertiary/aromatic N) is 1. The Morgan fingerprint density at radius 1 is 1.11 bits per heavy atom. The van der Waals surface area contributed by atoms with Crippen LogP contribution in [0.3, 0.4) is 0 Å². The van der Waals surface area contributed by atoms with Crippen LogP contribution in [0.25, 0.3) is 0 Å². The summed E-state index contributed by atoms with van der Waals surface area (Å²) in [5.74, 6) is 4.87. The van der Waals surface area contributed by atoms with Gasteiger partial charge in [0.25, 0.3) is 0 Å². The maximum atomic E-state index is 13.7. The molecule has 2 aliphatic carbocycles. The van der Waals surface area contributed by atoms with Crippen LogP contribution in [-0.2, 0) is 0 Å². The van der Waals surface area contributed by atoms with Crippen molar-refractivity contribution < 1.29 is 8.78 Å². The topological polar surface area (TPSA) is 63.0 Å². The molecule has 0 unspecified atom stereocenters. The zero-order valence-corrected chi connectivity index (χ0v) is 9.92. The SMILES string of the molecule is NNc1nc(NC(C2CC2)C2CC2)c(F)cc1F. The van der Waals surface area contributed by atoms with Crippen LogP contribution < -0.4 is 16.6 Å². The third-order valence-electron chi connectivity index (χ3n) is 3.63. The van der Waals surface area contributed by atoms with E-state index < -0.39 is 11.6 Å². The van der Waals surface area contributed by atoms with E-state index in [4.69, 9.17) is 5.84 Å². The zero-order valence-electron chi connectivity index (χ0n) is 9.92. The van der Waals surface area contributed by atoms with Gasteiger partial charge in [-0.15, -0.1) is 0 Å². The van der Waals surface area contributed by atoms with Crippen LogP contribution in [0, 0.1) is 23.5 Å². The molecule has 0 aliphatic heterocycles. The van der Waals surface area contributed by atoms with Gasteiger partial charge in [-0.05, 0) is 37.5 Å². The molecule has 98 valence electrons. The zero-order chi connectivity index (χ0) is 12.7. The highest BCUT2D eigenvalue weighted by atomic mass is 19.1. The van der Waals surface area contributed by atoms with Crippen molar-refractivity contribution in [3.63, 3.8) is 0 Å². The molecule has 0 atom stereocenters. The summed E-state index contributed by atoms with van der Waals surface area (Å²) >= 11 is 0. The lowest BCUT2D eigenvalue weighted by Gasteiger charge is -2.19. The fourth-order valence-electron chi connectivity index (χ4n) is 2.36. The van der Waals surface area contributed by atoms with E-state index in [1.807, 2.05) is 0 Å². The number of hydrogen-bond acceptors (Lipinski definition) is 4. The van der Waals surface area contributed by atoms with Gasteiger partial charge in [0.05, 0.1) is 0 Å². The quantitative estimate of drug-likeness (QED) is 0.557. The fraction of sp³-hybridized carbons (Fsp3) is 0.583. The van der Waals surface area contributed by atoms with Gasteiger partial charge in [0.1, 0.15) is 0 Å². The Labute approximate surface area is 104 Å². The third kappa shape index (κ3) is 2.25. The first-order valence-electron chi connectivity index (χ1n) is 6.28. The second kappa shape index (κ2) is 4.35. The summed E-state index contributed by atoms with van der Waals surface area (Å²) in [5, 5.41) is 3.12. The predicted octanol–water partition coefficient (Wildman–Crippen LogP) is 2.25. The summed E-state index contributed by atoms with van der Waals surface area (Å²) in [5.41, 5.74) is 2.13. The van der Waals surface area contributed by atoms with Crippen molar-refractivity contribution in [3.05, 3.63) is 17.7 Å². The first-order chi connectivity index (χ1) is 8.69. The summed E-state index contributed by atoms with van der Waals surface area (Å²) in [6.45, 7) is 0. The predicted molar refractivity (Wildman–Crippen MR) is 64.8 cm³/mol. The van der Waals surface area contributed by atoms with Crippen LogP contribution >= 0.6 is 0 Å². The highest BCUT2D eigenvalue weighted by Gasteiger charge is 2.41. The molecule has 2 aliphatic rings. The Morgan fingerprint density at radius 3 is 2.17 bits per heavy atom. The molecule has 0 aromatic carbocycles. The van der Waals surface area contributed by atoms with Crippen LogP contribution in [0.1, 0.15) is 25.7 Å². The highest BCUT2D eigenvalue weighted by Crippen LogP contribution is 2.45. The molecule has 3 rings (SSSR count). The Hall–Kier alpha value is -1.43. The number of halogens is 2. The van der Waals surface area contributed by atoms with E-state index in [2.05, 4.69) is 15.7 Å². The second-order valence-corrected chi connectivity index (χ2v) is 5.14. The van der Waals surface area contributed by atoms with E-state index >= 15 is 0 Å². The molecule has 4 nitrogen and oxygen atoms in total. The number of anilines is 2. The van der Waals surface area contributed by atoms with Crippen LogP contribution in [0.4, 0.5) is 20.4 Å². The summed E-state index contributed by atoms with van der Waals surface area (Å²) in [6.07, 6.45) is 4.72. The minimum absolute atomic E-state index is 0.0909. The lowest BCUT2D eigenvalue weighted by Crippen LogP contribution is -2.26. The number of hydrogen-bond donors (Lipinski definition) is 3. The molecule has 2 fully saturated rings. The van der Waals surface area contributed by atoms with Crippen LogP contribution in [0.15, 0.2) is 6.07 Å². The molecule has 4 N–H and O–H groups in total. The average molecular weight is 254 g/mol. The first-order valence-corrected chi connectivity index (χ1v) is 6.28. The highest BCUT2D eigenvalue weighted by molar-refractivity contribution is 5.47. The van der Waals surface area contributed by atoms with Crippen LogP contribution in [0.5, 0.6) is 0 Å². The Bertz CT molecular complexity index is 446. The number of nitrogens with one attached hydrogen (secondary N) is 2. The maximum absolute atomic E-state index is 13.7. The monoisotopic (exact) mass is 254 g/mol. The first kappa shape index (κ1) is 11.6. The number of rotatable bonds is 5. The van der Waals surface area contributed by atoms with Crippen molar-refractivity contribution in [2.45, 2.75) is 31.7 Å². The summed E-state index contributed by atoms with van der Waals surface area (Å²) < 4.78 is 26.9. The van der Waals surface area contributed by atoms with Crippen molar-refractivity contribution in [2.75, 3.05) is 10.7 Å². The largest absolute Gasteiger partial charge is 0.364 e. The van der Waals surface area contributed by atoms with Gasteiger partial charge >= 0.3 is 0 Å². The Balaban J connectivity index is 1.82. The van der Waals surface area contributed by atoms with Crippen molar-refractivity contribution >= 4 is 11.6 Å². The van der Waals surface area contributed by atoms with E-state index in [9.17, 15) is 8.78 Å². The Morgan fingerprint density at radius 2 is 1.67 bits per heavy atom. The third-order valence-corrected chi connectivity index (χ3v) is 3.63. The van der Waals surface area contributed by atoms with Gasteiger partial charge in [-0.1, -0.05) is 0 Å². The molecule has 1 aromatic rings. The van der Waals surface area contributed by atoms with E-state index in [0.717, 1.165) is 6.07 Å². The smallest absolute Gasteiger partial charge is 0.178 e. The number of hydrazine groups is 1. The molecule has 0 bridgehead atoms. The van der Waals surface area contributed by atoms with Crippen LogP contribution in [0.2, 0.25) is 0 Å². The molecule has 18 heavy (non-hydrogen) atoms. The minimum Gasteiger partial charge on any atom is -0.364 e. The van der Waals surface area contributed by atoms with E-state index in [1.165, 1.54) is 25.7 Å². The molecule has 0 spiro atoms. The summed E-state index contributed by atoms with van der Waals surface area (Å²) in [6, 6.07) is 1.07. The summed E-state index contributed by atoms with van der Waals surface area (Å²) in [7, 11) is 0. The molecule has 1 heterocycles. The Kier molecular flexibility index (Phi) is 2.81. The maximum Gasteiger partial charge on any atom is 0.178 e. The van der Waals surface area contributed by atoms with Crippen molar-refractivity contribution in [1.29, 1.82) is 0 Å². The number of pyridine rings is 1. The average Bonchev–Trinajstić information content (AvgIpc) is 3.21. The standard InChI is InChI=1S/C12H16F2N4/c13-8-5-9(14)12(18-15)17-11(8)16-10(6-1-2-6)7-3-4-7/h5-7,10H,1-4,15H2,(H2,16,17,18). The molecule has 1 aromatic heterocycles. The molecular weight excluding hydrogens is 238 g/mol. The van der Waals surface area contributed by atoms with Gasteiger partial charge in [-0.25, -0.2) is 19.6 Å². The molecule has 0 amide bonds. The molecule has 2 saturated carbocycles. The normalized spacial score (nSPS) is 19.1. The van der Waals surface area contributed by atoms with Crippen molar-refractivity contribution in [2.24, 2.45) is 17.7 Å². The number of nitrogen functional groups attached to an aromatic ring is 1. The van der Waals surface area contributed by atoms with Gasteiger partial charge in [0.2, 0.25) is 0 Å². The van der Waals surface area contributed by atoms with E-state index in [0.29, 0.717) is 11.8 Å². The van der Waals surface area contributed by atoms with Gasteiger partial charge in [0, 0.05) is 12.1 Å². The molecule has 0 radical (unpaired) electrons. The molecule has 6 heteroatoms. The molecule has 0 saturated heterocycles. The lowest BCUT2D eigenvalue weighted by molar-refractivity contribution is 0.545. The second-order valence-electron chi connectivity index (χ2n) is 5.14. The van der Waals surface area contributed by atoms with Crippen molar-refractivity contribution in [1.82, 2.24) is 4.98 Å². The van der Waals surface area contributed by atoms with Gasteiger partial charge in [-0.2, -0.15) is 0 Å². The van der Waals surface area contributed by atoms with Crippen LogP contribution in [-0.4, -0.2) is 11.0 Å². The van der Waals surface area contributed by atoms with Crippen molar-refractivity contribution in [3.8, 4) is 0 Å². The van der Waals surface area contributed by atoms with E-state index in [-0.39, 0.29) is 17.7 Å². The lowest BCUT2D eigenvalue weighted by atomic mass is 10.1. The molecular formula is C12H16F2N4. The number of aromatic nitrogens is 1. The number of nitrogens with two attached hydrogens (primary N) is 1. The fourth-order valence-corrected chi connectivity index (χ4v) is 2.36. The van der Waals surface area contributed by atoms with Gasteiger partial charge in [0.15, 0.2) is 23.3 Å². The minimum atomic E-state index is -0.782. The summed E-state index contributed by atoms with van der Waals surface area (Å²) in [4.78, 5) is 3.85. The van der Waals surface area contributed by atoms with Gasteiger partial charge < -0.3 is 10.7 Å². The van der Waals surface area contributed by atoms with E-state index in [1.54, 1.807) is 0 Å². The van der Waals surface area contributed by atoms with Gasteiger partial charge in [-0.3, -0.25) is 0 Å².